The van der Waals surface area contributed by atoms with Crippen LogP contribution in [-0.2, 0) is 15.7 Å². The lowest BCUT2D eigenvalue weighted by Crippen LogP contribution is -2.08. The molecule has 0 aliphatic rings. The van der Waals surface area contributed by atoms with Crippen molar-refractivity contribution in [2.24, 2.45) is 0 Å². The molecule has 2 aromatic rings. The molecule has 24 heavy (non-hydrogen) atoms. The van der Waals surface area contributed by atoms with Crippen LogP contribution in [0.4, 0.5) is 13.2 Å². The minimum atomic E-state index is -4.46. The Morgan fingerprint density at radius 2 is 1.75 bits per heavy atom. The molecule has 0 fully saturated rings. The topological polar surface area (TPSA) is 68.4 Å². The van der Waals surface area contributed by atoms with Gasteiger partial charge in [0.1, 0.15) is 11.4 Å². The van der Waals surface area contributed by atoms with E-state index in [4.69, 9.17) is 4.74 Å². The van der Waals surface area contributed by atoms with E-state index in [2.05, 4.69) is 9.72 Å². The quantitative estimate of drug-likeness (QED) is 0.862. The standard InChI is InChI=1S/C16H14F3NO4/c1-3-24-15(22)13-11(8-12(20-13)14(21)23-2)9-4-6-10(7-5-9)16(17,18)19/h4-8,20H,3H2,1-2H3. The van der Waals surface area contributed by atoms with Gasteiger partial charge in [0.15, 0.2) is 0 Å². The zero-order valence-electron chi connectivity index (χ0n) is 12.9. The maximum Gasteiger partial charge on any atom is 0.416 e. The largest absolute Gasteiger partial charge is 0.464 e. The Bertz CT molecular complexity index is 748. The average molecular weight is 341 g/mol. The van der Waals surface area contributed by atoms with Gasteiger partial charge in [0.05, 0.1) is 19.3 Å². The van der Waals surface area contributed by atoms with Crippen LogP contribution in [0.15, 0.2) is 30.3 Å². The molecule has 1 heterocycles. The fraction of sp³-hybridized carbons (Fsp3) is 0.250. The van der Waals surface area contributed by atoms with Crippen molar-refractivity contribution in [2.75, 3.05) is 13.7 Å². The van der Waals surface area contributed by atoms with Gasteiger partial charge < -0.3 is 14.5 Å². The Hall–Kier alpha value is -2.77. The summed E-state index contributed by atoms with van der Waals surface area (Å²) in [6.45, 7) is 1.72. The first-order chi connectivity index (χ1) is 11.3. The first-order valence-electron chi connectivity index (χ1n) is 6.94. The molecule has 0 aliphatic heterocycles. The Morgan fingerprint density at radius 1 is 1.12 bits per heavy atom. The van der Waals surface area contributed by atoms with E-state index in [1.807, 2.05) is 0 Å². The van der Waals surface area contributed by atoms with Gasteiger partial charge in [-0.15, -0.1) is 0 Å². The zero-order chi connectivity index (χ0) is 17.9. The Labute approximate surface area is 135 Å². The number of H-pyrrole nitrogens is 1. The van der Waals surface area contributed by atoms with Crippen molar-refractivity contribution in [1.29, 1.82) is 0 Å². The van der Waals surface area contributed by atoms with Crippen LogP contribution in [0.3, 0.4) is 0 Å². The van der Waals surface area contributed by atoms with Crippen molar-refractivity contribution in [3.8, 4) is 11.1 Å². The van der Waals surface area contributed by atoms with Gasteiger partial charge >= 0.3 is 18.1 Å². The number of nitrogens with one attached hydrogen (secondary N) is 1. The summed E-state index contributed by atoms with van der Waals surface area (Å²) in [4.78, 5) is 26.2. The lowest BCUT2D eigenvalue weighted by atomic mass is 10.0. The molecule has 1 N–H and O–H groups in total. The van der Waals surface area contributed by atoms with Crippen LogP contribution in [0.1, 0.15) is 33.5 Å². The molecule has 0 saturated heterocycles. The van der Waals surface area contributed by atoms with Gasteiger partial charge in [-0.05, 0) is 30.7 Å². The van der Waals surface area contributed by atoms with Crippen LogP contribution in [0, 0.1) is 0 Å². The van der Waals surface area contributed by atoms with Gasteiger partial charge in [-0.2, -0.15) is 13.2 Å². The van der Waals surface area contributed by atoms with Gasteiger partial charge in [-0.1, -0.05) is 12.1 Å². The second-order valence-corrected chi connectivity index (χ2v) is 4.76. The number of carbonyl (C=O) groups is 2. The lowest BCUT2D eigenvalue weighted by molar-refractivity contribution is -0.137. The van der Waals surface area contributed by atoms with Gasteiger partial charge in [0, 0.05) is 5.56 Å². The molecule has 2 rings (SSSR count). The number of benzene rings is 1. The number of halogens is 3. The second-order valence-electron chi connectivity index (χ2n) is 4.76. The minimum absolute atomic E-state index is 0.00421. The third kappa shape index (κ3) is 3.58. The fourth-order valence-corrected chi connectivity index (χ4v) is 2.11. The summed E-state index contributed by atoms with van der Waals surface area (Å²) in [7, 11) is 1.17. The highest BCUT2D eigenvalue weighted by Crippen LogP contribution is 2.32. The van der Waals surface area contributed by atoms with E-state index in [0.717, 1.165) is 12.1 Å². The normalized spacial score (nSPS) is 11.2. The number of hydrogen-bond donors (Lipinski definition) is 1. The van der Waals surface area contributed by atoms with Gasteiger partial charge in [-0.3, -0.25) is 0 Å². The first-order valence-corrected chi connectivity index (χ1v) is 6.94. The fourth-order valence-electron chi connectivity index (χ4n) is 2.11. The first kappa shape index (κ1) is 17.6. The van der Waals surface area contributed by atoms with E-state index in [0.29, 0.717) is 5.56 Å². The Kier molecular flexibility index (Phi) is 4.96. The second kappa shape index (κ2) is 6.77. The number of ether oxygens (including phenoxy) is 2. The summed E-state index contributed by atoms with van der Waals surface area (Å²) < 4.78 is 47.4. The molecule has 128 valence electrons. The van der Waals surface area contributed by atoms with Crippen molar-refractivity contribution in [3.63, 3.8) is 0 Å². The average Bonchev–Trinajstić information content (AvgIpc) is 2.99. The molecule has 0 saturated carbocycles. The van der Waals surface area contributed by atoms with Crippen LogP contribution in [0.5, 0.6) is 0 Å². The maximum absolute atomic E-state index is 12.6. The van der Waals surface area contributed by atoms with E-state index in [1.54, 1.807) is 6.92 Å². The molecule has 8 heteroatoms. The van der Waals surface area contributed by atoms with E-state index >= 15 is 0 Å². The third-order valence-electron chi connectivity index (χ3n) is 3.23. The summed E-state index contributed by atoms with van der Waals surface area (Å²) in [6, 6.07) is 5.57. The number of aromatic amines is 1. The van der Waals surface area contributed by atoms with E-state index in [-0.39, 0.29) is 23.6 Å². The molecule has 0 amide bonds. The molecule has 0 bridgehead atoms. The Balaban J connectivity index is 2.49. The highest BCUT2D eigenvalue weighted by Gasteiger charge is 2.30. The highest BCUT2D eigenvalue weighted by molar-refractivity contribution is 5.99. The van der Waals surface area contributed by atoms with Crippen molar-refractivity contribution < 1.29 is 32.2 Å². The van der Waals surface area contributed by atoms with Crippen LogP contribution >= 0.6 is 0 Å². The summed E-state index contributed by atoms with van der Waals surface area (Å²) >= 11 is 0. The van der Waals surface area contributed by atoms with Gasteiger partial charge in [-0.25, -0.2) is 9.59 Å². The zero-order valence-corrected chi connectivity index (χ0v) is 12.9. The van der Waals surface area contributed by atoms with Gasteiger partial charge in [0.2, 0.25) is 0 Å². The minimum Gasteiger partial charge on any atom is -0.464 e. The SMILES string of the molecule is CCOC(=O)c1[nH]c(C(=O)OC)cc1-c1ccc(C(F)(F)F)cc1. The molecule has 0 radical (unpaired) electrons. The number of esters is 2. The number of aromatic nitrogens is 1. The number of alkyl halides is 3. The molecule has 0 atom stereocenters. The molecule has 1 aromatic heterocycles. The van der Waals surface area contributed by atoms with E-state index in [1.165, 1.54) is 25.3 Å². The molecule has 0 spiro atoms. The van der Waals surface area contributed by atoms with E-state index < -0.39 is 23.7 Å². The van der Waals surface area contributed by atoms with Crippen molar-refractivity contribution in [1.82, 2.24) is 4.98 Å². The van der Waals surface area contributed by atoms with Crippen LogP contribution in [0.2, 0.25) is 0 Å². The van der Waals surface area contributed by atoms with Crippen LogP contribution in [-0.4, -0.2) is 30.6 Å². The molecular weight excluding hydrogens is 327 g/mol. The summed E-state index contributed by atoms with van der Waals surface area (Å²) in [5.41, 5.74) is -0.264. The predicted octanol–water partition coefficient (Wildman–Crippen LogP) is 3.66. The van der Waals surface area contributed by atoms with Gasteiger partial charge in [0.25, 0.3) is 0 Å². The molecule has 0 unspecified atom stereocenters. The van der Waals surface area contributed by atoms with E-state index in [9.17, 15) is 22.8 Å². The summed E-state index contributed by atoms with van der Waals surface area (Å²) in [5.74, 6) is -1.43. The number of rotatable bonds is 4. The van der Waals surface area contributed by atoms with Crippen LogP contribution in [0.25, 0.3) is 11.1 Å². The molecular formula is C16H14F3NO4. The maximum atomic E-state index is 12.6. The Morgan fingerprint density at radius 3 is 2.25 bits per heavy atom. The molecule has 0 aliphatic carbocycles. The molecule has 1 aromatic carbocycles. The van der Waals surface area contributed by atoms with Crippen molar-refractivity contribution in [3.05, 3.63) is 47.3 Å². The number of hydrogen-bond acceptors (Lipinski definition) is 4. The smallest absolute Gasteiger partial charge is 0.416 e. The molecule has 5 nitrogen and oxygen atoms in total. The summed E-state index contributed by atoms with van der Waals surface area (Å²) in [5, 5.41) is 0. The predicted molar refractivity (Wildman–Crippen MR) is 78.5 cm³/mol. The monoisotopic (exact) mass is 341 g/mol. The number of carbonyl (C=O) groups excluding carboxylic acids is 2. The van der Waals surface area contributed by atoms with Crippen LogP contribution < -0.4 is 0 Å². The summed E-state index contributed by atoms with van der Waals surface area (Å²) in [6.07, 6.45) is -4.46. The van der Waals surface area contributed by atoms with Crippen molar-refractivity contribution in [2.45, 2.75) is 13.1 Å². The lowest BCUT2D eigenvalue weighted by Gasteiger charge is -2.08. The number of methoxy groups -OCH3 is 1. The third-order valence-corrected chi connectivity index (χ3v) is 3.23. The van der Waals surface area contributed by atoms with Crippen molar-refractivity contribution >= 4 is 11.9 Å². The highest BCUT2D eigenvalue weighted by atomic mass is 19.4.